The van der Waals surface area contributed by atoms with Gasteiger partial charge in [0.05, 0.1) is 0 Å². The van der Waals surface area contributed by atoms with Crippen molar-refractivity contribution in [1.82, 2.24) is 4.90 Å². The number of hydrogen-bond donors (Lipinski definition) is 1. The number of phenols is 1. The minimum absolute atomic E-state index is 0. The number of fused-ring (bicyclic) bond motifs is 1. The molecule has 0 unspecified atom stereocenters. The van der Waals surface area contributed by atoms with Crippen LogP contribution in [0.25, 0.3) is 0 Å². The van der Waals surface area contributed by atoms with Gasteiger partial charge in [0.2, 0.25) is 0 Å². The van der Waals surface area contributed by atoms with E-state index in [1.54, 1.807) is 0 Å². The lowest BCUT2D eigenvalue weighted by Gasteiger charge is -2.61. The molecule has 4 aliphatic rings. The van der Waals surface area contributed by atoms with Gasteiger partial charge in [-0.05, 0) is 79.7 Å². The fourth-order valence-corrected chi connectivity index (χ4v) is 7.07. The first-order valence-corrected chi connectivity index (χ1v) is 11.2. The van der Waals surface area contributed by atoms with Gasteiger partial charge >= 0.3 is 0 Å². The Morgan fingerprint density at radius 1 is 1.25 bits per heavy atom. The largest absolute Gasteiger partial charge is 0.508 e. The van der Waals surface area contributed by atoms with Gasteiger partial charge < -0.3 is 5.11 Å². The van der Waals surface area contributed by atoms with Crippen molar-refractivity contribution in [3.63, 3.8) is 0 Å². The molecule has 28 heavy (non-hydrogen) atoms. The molecule has 1 saturated heterocycles. The Bertz CT molecular complexity index is 746. The molecule has 0 aromatic heterocycles. The van der Waals surface area contributed by atoms with Crippen molar-refractivity contribution in [1.29, 1.82) is 0 Å². The van der Waals surface area contributed by atoms with Gasteiger partial charge in [-0.25, -0.2) is 0 Å². The third-order valence-corrected chi connectivity index (χ3v) is 8.31. The topological polar surface area (TPSA) is 40.5 Å². The Hall–Kier alpha value is -1.06. The van der Waals surface area contributed by atoms with E-state index in [0.29, 0.717) is 35.8 Å². The maximum absolute atomic E-state index is 12.8. The number of likely N-dealkylation sites (tertiary alicyclic amines) is 1. The lowest BCUT2D eigenvalue weighted by molar-refractivity contribution is -0.132. The Labute approximate surface area is 175 Å². The van der Waals surface area contributed by atoms with Crippen LogP contribution in [0.5, 0.6) is 5.75 Å². The fraction of sp³-hybridized carbons (Fsp3) is 0.708. The lowest BCUT2D eigenvalue weighted by atomic mass is 9.48. The molecule has 1 aromatic rings. The lowest BCUT2D eigenvalue weighted by Crippen LogP contribution is -2.65. The molecule has 0 amide bonds. The van der Waals surface area contributed by atoms with Crippen LogP contribution in [0.2, 0.25) is 0 Å². The summed E-state index contributed by atoms with van der Waals surface area (Å²) in [5.74, 6) is 2.81. The van der Waals surface area contributed by atoms with Crippen molar-refractivity contribution in [2.45, 2.75) is 76.2 Å². The van der Waals surface area contributed by atoms with Gasteiger partial charge in [0.1, 0.15) is 11.5 Å². The highest BCUT2D eigenvalue weighted by Gasteiger charge is 2.58. The molecule has 1 aliphatic heterocycles. The number of phenolic OH excluding ortho intramolecular Hbond substituents is 1. The smallest absolute Gasteiger partial charge is 0.134 e. The van der Waals surface area contributed by atoms with Crippen LogP contribution in [-0.2, 0) is 16.6 Å². The molecule has 5 rings (SSSR count). The monoisotopic (exact) mass is 403 g/mol. The Kier molecular flexibility index (Phi) is 5.52. The molecule has 0 spiro atoms. The molecule has 154 valence electrons. The van der Waals surface area contributed by atoms with E-state index in [-0.39, 0.29) is 17.8 Å². The summed E-state index contributed by atoms with van der Waals surface area (Å²) in [6.45, 7) is 4.65. The molecule has 4 atom stereocenters. The average molecular weight is 404 g/mol. The normalized spacial score (nSPS) is 34.8. The Morgan fingerprint density at radius 2 is 2.07 bits per heavy atom. The maximum atomic E-state index is 12.8. The second-order valence-corrected chi connectivity index (χ2v) is 9.81. The molecular formula is C24H34ClNO2. The molecule has 3 nitrogen and oxygen atoms in total. The Morgan fingerprint density at radius 3 is 2.79 bits per heavy atom. The van der Waals surface area contributed by atoms with Crippen LogP contribution in [0.4, 0.5) is 0 Å². The van der Waals surface area contributed by atoms with Crippen LogP contribution >= 0.6 is 12.4 Å². The van der Waals surface area contributed by atoms with Gasteiger partial charge in [-0.2, -0.15) is 0 Å². The number of Topliss-reactive ketones (excluding diaryl/α,β-unsaturated/α-hetero) is 1. The molecule has 2 saturated carbocycles. The van der Waals surface area contributed by atoms with E-state index in [9.17, 15) is 9.90 Å². The van der Waals surface area contributed by atoms with E-state index in [4.69, 9.17) is 0 Å². The molecule has 4 heteroatoms. The highest BCUT2D eigenvalue weighted by Crippen LogP contribution is 2.58. The van der Waals surface area contributed by atoms with Crippen molar-refractivity contribution >= 4 is 18.2 Å². The van der Waals surface area contributed by atoms with Crippen molar-refractivity contribution in [3.8, 4) is 5.75 Å². The molecule has 3 aliphatic carbocycles. The molecule has 1 aromatic carbocycles. The second-order valence-electron chi connectivity index (χ2n) is 9.81. The van der Waals surface area contributed by atoms with Gasteiger partial charge in [0.25, 0.3) is 0 Å². The van der Waals surface area contributed by atoms with Gasteiger partial charge in [-0.15, -0.1) is 12.4 Å². The summed E-state index contributed by atoms with van der Waals surface area (Å²) in [7, 11) is 0. The first-order valence-electron chi connectivity index (χ1n) is 11.2. The van der Waals surface area contributed by atoms with E-state index in [1.807, 2.05) is 12.1 Å². The van der Waals surface area contributed by atoms with Crippen LogP contribution in [0.3, 0.4) is 0 Å². The molecule has 2 bridgehead atoms. The zero-order valence-electron chi connectivity index (χ0n) is 17.0. The second kappa shape index (κ2) is 7.65. The van der Waals surface area contributed by atoms with E-state index in [2.05, 4.69) is 17.9 Å². The number of carbonyl (C=O) groups is 1. The summed E-state index contributed by atoms with van der Waals surface area (Å²) < 4.78 is 0. The van der Waals surface area contributed by atoms with Crippen molar-refractivity contribution in [3.05, 3.63) is 29.3 Å². The summed E-state index contributed by atoms with van der Waals surface area (Å²) in [6, 6.07) is 6.56. The van der Waals surface area contributed by atoms with Gasteiger partial charge in [0, 0.05) is 30.8 Å². The van der Waals surface area contributed by atoms with Crippen LogP contribution < -0.4 is 0 Å². The molecule has 1 heterocycles. The number of ketones is 1. The number of hydrogen-bond acceptors (Lipinski definition) is 3. The summed E-state index contributed by atoms with van der Waals surface area (Å²) in [4.78, 5) is 15.6. The minimum Gasteiger partial charge on any atom is -0.508 e. The van der Waals surface area contributed by atoms with Crippen molar-refractivity contribution in [2.75, 3.05) is 13.1 Å². The number of rotatable bonds is 4. The predicted molar refractivity (Wildman–Crippen MR) is 114 cm³/mol. The van der Waals surface area contributed by atoms with Crippen LogP contribution in [0.15, 0.2) is 18.2 Å². The number of aromatic hydroxyl groups is 1. The zero-order valence-corrected chi connectivity index (χ0v) is 17.8. The van der Waals surface area contributed by atoms with Crippen molar-refractivity contribution in [2.24, 2.45) is 17.8 Å². The van der Waals surface area contributed by atoms with E-state index >= 15 is 0 Å². The number of halogens is 1. The van der Waals surface area contributed by atoms with Gasteiger partial charge in [-0.3, -0.25) is 9.69 Å². The van der Waals surface area contributed by atoms with E-state index in [1.165, 1.54) is 43.4 Å². The molecule has 0 radical (unpaired) electrons. The SMILES string of the molecule is CCC[C@H]1CC(=O)C[C@]23CCN(CC4CCC4)[C@H](Cc4ccc(O)cc42)[C@H]13.Cl. The van der Waals surface area contributed by atoms with Gasteiger partial charge in [0.15, 0.2) is 0 Å². The highest BCUT2D eigenvalue weighted by atomic mass is 35.5. The highest BCUT2D eigenvalue weighted by molar-refractivity contribution is 5.85. The zero-order chi connectivity index (χ0) is 18.6. The van der Waals surface area contributed by atoms with Crippen LogP contribution in [-0.4, -0.2) is 34.9 Å². The summed E-state index contributed by atoms with van der Waals surface area (Å²) >= 11 is 0. The molecular weight excluding hydrogens is 370 g/mol. The van der Waals surface area contributed by atoms with Gasteiger partial charge in [-0.1, -0.05) is 25.8 Å². The number of nitrogens with zero attached hydrogens (tertiary/aromatic N) is 1. The standard InChI is InChI=1S/C24H33NO2.ClH/c1-2-4-18-11-20(27)14-24-9-10-25(15-16-5-3-6-16)22(23(18)24)12-17-7-8-19(26)13-21(17)24;/h7-8,13,16,18,22-23,26H,2-6,9-12,14-15H2,1H3;1H/t18-,22+,23-,24+;/m0./s1. The average Bonchev–Trinajstić information content (AvgIpc) is 2.60. The quantitative estimate of drug-likeness (QED) is 0.778. The van der Waals surface area contributed by atoms with Crippen LogP contribution in [0, 0.1) is 17.8 Å². The number of benzene rings is 1. The maximum Gasteiger partial charge on any atom is 0.134 e. The van der Waals surface area contributed by atoms with Crippen molar-refractivity contribution < 1.29 is 9.90 Å². The first-order chi connectivity index (χ1) is 13.1. The first kappa shape index (κ1) is 20.2. The molecule has 1 N–H and O–H groups in total. The summed E-state index contributed by atoms with van der Waals surface area (Å²) in [5, 5.41) is 10.2. The fourth-order valence-electron chi connectivity index (χ4n) is 7.07. The van der Waals surface area contributed by atoms with Crippen LogP contribution in [0.1, 0.15) is 69.4 Å². The Balaban J connectivity index is 0.00000192. The predicted octanol–water partition coefficient (Wildman–Crippen LogP) is 4.88. The summed E-state index contributed by atoms with van der Waals surface area (Å²) in [6.07, 6.45) is 10.2. The number of carbonyl (C=O) groups excluding carboxylic acids is 1. The summed E-state index contributed by atoms with van der Waals surface area (Å²) in [5.41, 5.74) is 2.67. The minimum atomic E-state index is -0.0255. The van der Waals surface area contributed by atoms with E-state index < -0.39 is 0 Å². The number of piperidine rings is 1. The third kappa shape index (κ3) is 3.10. The molecule has 3 fully saturated rings. The van der Waals surface area contributed by atoms with E-state index in [0.717, 1.165) is 38.1 Å². The third-order valence-electron chi connectivity index (χ3n) is 8.31.